The Morgan fingerprint density at radius 2 is 2.00 bits per heavy atom. The SMILES string of the molecule is CN1CCN(CCC(=O)c2c(C=Cc3cn4ccccc4n3)[nH]c3cc(Br)ccc23)CC1. The van der Waals surface area contributed by atoms with E-state index in [4.69, 9.17) is 0 Å². The molecule has 1 aromatic carbocycles. The van der Waals surface area contributed by atoms with Gasteiger partial charge in [0.05, 0.1) is 17.0 Å². The summed E-state index contributed by atoms with van der Waals surface area (Å²) in [5.74, 6) is 0.173. The number of fused-ring (bicyclic) bond motifs is 2. The topological polar surface area (TPSA) is 56.6 Å². The Hall–Kier alpha value is -2.74. The van der Waals surface area contributed by atoms with Crippen LogP contribution in [-0.4, -0.2) is 69.7 Å². The van der Waals surface area contributed by atoms with Crippen molar-refractivity contribution in [3.8, 4) is 0 Å². The van der Waals surface area contributed by atoms with Gasteiger partial charge >= 0.3 is 0 Å². The molecule has 6 nitrogen and oxygen atoms in total. The van der Waals surface area contributed by atoms with Crippen LogP contribution in [0.5, 0.6) is 0 Å². The lowest BCUT2D eigenvalue weighted by atomic mass is 10.0. The smallest absolute Gasteiger partial charge is 0.166 e. The fourth-order valence-corrected chi connectivity index (χ4v) is 4.64. The fraction of sp³-hybridized carbons (Fsp3) is 0.280. The van der Waals surface area contributed by atoms with Crippen LogP contribution in [0.3, 0.4) is 0 Å². The summed E-state index contributed by atoms with van der Waals surface area (Å²) in [4.78, 5) is 26.2. The summed E-state index contributed by atoms with van der Waals surface area (Å²) in [6.45, 7) is 4.95. The van der Waals surface area contributed by atoms with Crippen LogP contribution >= 0.6 is 15.9 Å². The molecule has 0 atom stereocenters. The number of carbonyl (C=O) groups excluding carboxylic acids is 1. The van der Waals surface area contributed by atoms with Gasteiger partial charge in [-0.15, -0.1) is 0 Å². The third-order valence-electron chi connectivity index (χ3n) is 6.12. The lowest BCUT2D eigenvalue weighted by Crippen LogP contribution is -2.45. The van der Waals surface area contributed by atoms with Gasteiger partial charge in [0.15, 0.2) is 5.78 Å². The van der Waals surface area contributed by atoms with E-state index < -0.39 is 0 Å². The van der Waals surface area contributed by atoms with Gasteiger partial charge in [0.25, 0.3) is 0 Å². The van der Waals surface area contributed by atoms with E-state index in [1.807, 2.05) is 65.3 Å². The van der Waals surface area contributed by atoms with Crippen molar-refractivity contribution in [2.24, 2.45) is 0 Å². The van der Waals surface area contributed by atoms with Crippen LogP contribution < -0.4 is 0 Å². The fourth-order valence-electron chi connectivity index (χ4n) is 4.28. The second kappa shape index (κ2) is 9.02. The van der Waals surface area contributed by atoms with Crippen LogP contribution in [0, 0.1) is 0 Å². The van der Waals surface area contributed by atoms with Crippen LogP contribution in [0.25, 0.3) is 28.7 Å². The van der Waals surface area contributed by atoms with Crippen LogP contribution in [0.2, 0.25) is 0 Å². The third-order valence-corrected chi connectivity index (χ3v) is 6.62. The van der Waals surface area contributed by atoms with Gasteiger partial charge in [-0.25, -0.2) is 4.98 Å². The minimum absolute atomic E-state index is 0.173. The minimum atomic E-state index is 0.173. The maximum Gasteiger partial charge on any atom is 0.166 e. The van der Waals surface area contributed by atoms with E-state index in [0.717, 1.165) is 70.7 Å². The Morgan fingerprint density at radius 1 is 1.16 bits per heavy atom. The first kappa shape index (κ1) is 21.1. The number of likely N-dealkylation sites (N-methyl/N-ethyl adjacent to an activating group) is 1. The molecule has 1 aliphatic heterocycles. The van der Waals surface area contributed by atoms with E-state index in [-0.39, 0.29) is 5.78 Å². The molecule has 164 valence electrons. The van der Waals surface area contributed by atoms with Gasteiger partial charge in [-0.1, -0.05) is 28.1 Å². The van der Waals surface area contributed by atoms with Crippen molar-refractivity contribution in [1.82, 2.24) is 24.2 Å². The molecule has 5 rings (SSSR count). The molecule has 4 aromatic rings. The van der Waals surface area contributed by atoms with Gasteiger partial charge in [0, 0.05) is 66.9 Å². The highest BCUT2D eigenvalue weighted by molar-refractivity contribution is 9.10. The molecule has 0 spiro atoms. The van der Waals surface area contributed by atoms with Gasteiger partial charge < -0.3 is 19.2 Å². The number of hydrogen-bond donors (Lipinski definition) is 1. The molecule has 32 heavy (non-hydrogen) atoms. The van der Waals surface area contributed by atoms with Crippen LogP contribution in [-0.2, 0) is 0 Å². The van der Waals surface area contributed by atoms with Crippen molar-refractivity contribution < 1.29 is 4.79 Å². The normalized spacial score (nSPS) is 15.9. The van der Waals surface area contributed by atoms with Gasteiger partial charge in [-0.2, -0.15) is 0 Å². The Bertz CT molecular complexity index is 1260. The van der Waals surface area contributed by atoms with Crippen molar-refractivity contribution in [1.29, 1.82) is 0 Å². The largest absolute Gasteiger partial charge is 0.354 e. The van der Waals surface area contributed by atoms with E-state index in [9.17, 15) is 4.79 Å². The first-order chi connectivity index (χ1) is 15.6. The molecular formula is C25H26BrN5O. The number of rotatable bonds is 6. The molecule has 0 unspecified atom stereocenters. The highest BCUT2D eigenvalue weighted by Gasteiger charge is 2.20. The van der Waals surface area contributed by atoms with Gasteiger partial charge in [-0.3, -0.25) is 4.79 Å². The first-order valence-corrected chi connectivity index (χ1v) is 11.7. The average molecular weight is 492 g/mol. The predicted molar refractivity (Wildman–Crippen MR) is 133 cm³/mol. The zero-order valence-electron chi connectivity index (χ0n) is 18.1. The second-order valence-corrected chi connectivity index (χ2v) is 9.30. The van der Waals surface area contributed by atoms with E-state index in [1.54, 1.807) is 0 Å². The van der Waals surface area contributed by atoms with Crippen molar-refractivity contribution in [2.75, 3.05) is 39.8 Å². The summed E-state index contributed by atoms with van der Waals surface area (Å²) in [7, 11) is 2.15. The van der Waals surface area contributed by atoms with E-state index >= 15 is 0 Å². The maximum absolute atomic E-state index is 13.4. The summed E-state index contributed by atoms with van der Waals surface area (Å²) in [5, 5.41) is 0.964. The summed E-state index contributed by atoms with van der Waals surface area (Å²) in [6, 6.07) is 12.0. The average Bonchev–Trinajstić information content (AvgIpc) is 3.37. The zero-order chi connectivity index (χ0) is 22.1. The van der Waals surface area contributed by atoms with Gasteiger partial charge in [0.2, 0.25) is 0 Å². The van der Waals surface area contributed by atoms with E-state index in [2.05, 4.69) is 42.7 Å². The number of aromatic amines is 1. The van der Waals surface area contributed by atoms with E-state index in [0.29, 0.717) is 6.42 Å². The Labute approximate surface area is 195 Å². The lowest BCUT2D eigenvalue weighted by Gasteiger charge is -2.32. The standard InChI is InChI=1S/C25H26BrN5O/c1-29-12-14-30(15-13-29)11-9-23(32)25-20-7-5-18(26)16-22(20)28-21(25)8-6-19-17-31-10-3-2-4-24(31)27-19/h2-8,10,16-17,28H,9,11-15H2,1H3. The quantitative estimate of drug-likeness (QED) is 0.401. The molecule has 1 fully saturated rings. The van der Waals surface area contributed by atoms with Gasteiger partial charge in [0.1, 0.15) is 5.65 Å². The number of piperazine rings is 1. The molecule has 0 aliphatic carbocycles. The summed E-state index contributed by atoms with van der Waals surface area (Å²) in [6.07, 6.45) is 8.41. The highest BCUT2D eigenvalue weighted by Crippen LogP contribution is 2.28. The molecule has 0 amide bonds. The molecule has 0 saturated carbocycles. The number of nitrogens with one attached hydrogen (secondary N) is 1. The minimum Gasteiger partial charge on any atom is -0.354 e. The van der Waals surface area contributed by atoms with Crippen LogP contribution in [0.1, 0.15) is 28.2 Å². The number of ketones is 1. The monoisotopic (exact) mass is 491 g/mol. The molecular weight excluding hydrogens is 466 g/mol. The number of hydrogen-bond acceptors (Lipinski definition) is 4. The maximum atomic E-state index is 13.4. The predicted octanol–water partition coefficient (Wildman–Crippen LogP) is 4.57. The summed E-state index contributed by atoms with van der Waals surface area (Å²) < 4.78 is 2.97. The number of imidazole rings is 1. The molecule has 0 radical (unpaired) electrons. The van der Waals surface area contributed by atoms with Crippen molar-refractivity contribution in [3.05, 3.63) is 70.2 Å². The number of pyridine rings is 1. The van der Waals surface area contributed by atoms with Crippen molar-refractivity contribution >= 4 is 50.4 Å². The molecule has 1 aliphatic rings. The zero-order valence-corrected chi connectivity index (χ0v) is 19.7. The van der Waals surface area contributed by atoms with Crippen molar-refractivity contribution in [2.45, 2.75) is 6.42 Å². The molecule has 1 saturated heterocycles. The third kappa shape index (κ3) is 4.41. The Morgan fingerprint density at radius 3 is 2.81 bits per heavy atom. The Balaban J connectivity index is 1.42. The van der Waals surface area contributed by atoms with Crippen LogP contribution in [0.15, 0.2) is 53.3 Å². The molecule has 7 heteroatoms. The number of Topliss-reactive ketones (excluding diaryl/α,β-unsaturated/α-hetero) is 1. The number of benzene rings is 1. The number of nitrogens with zero attached hydrogens (tertiary/aromatic N) is 4. The second-order valence-electron chi connectivity index (χ2n) is 8.39. The van der Waals surface area contributed by atoms with Gasteiger partial charge in [-0.05, 0) is 43.5 Å². The lowest BCUT2D eigenvalue weighted by molar-refractivity contribution is 0.0943. The van der Waals surface area contributed by atoms with Crippen LogP contribution in [0.4, 0.5) is 0 Å². The van der Waals surface area contributed by atoms with E-state index in [1.165, 1.54) is 0 Å². The highest BCUT2D eigenvalue weighted by atomic mass is 79.9. The summed E-state index contributed by atoms with van der Waals surface area (Å²) in [5.41, 5.74) is 4.31. The number of carbonyl (C=O) groups is 1. The summed E-state index contributed by atoms with van der Waals surface area (Å²) >= 11 is 3.54. The number of halogens is 1. The molecule has 0 bridgehead atoms. The Kier molecular flexibility index (Phi) is 5.95. The molecule has 1 N–H and O–H groups in total. The van der Waals surface area contributed by atoms with Crippen molar-refractivity contribution in [3.63, 3.8) is 0 Å². The number of aromatic nitrogens is 3. The number of H-pyrrole nitrogens is 1. The first-order valence-electron chi connectivity index (χ1n) is 10.9. The molecule has 3 aromatic heterocycles. The molecule has 4 heterocycles.